The molecule has 0 atom stereocenters. The number of carbonyl (C=O) groups is 1. The van der Waals surface area contributed by atoms with Crippen LogP contribution >= 0.6 is 23.4 Å². The first-order valence-electron chi connectivity index (χ1n) is 6.29. The topological polar surface area (TPSA) is 104 Å². The van der Waals surface area contributed by atoms with Gasteiger partial charge in [0.1, 0.15) is 6.54 Å². The summed E-state index contributed by atoms with van der Waals surface area (Å²) in [4.78, 5) is 11.2. The molecule has 2 rings (SSSR count). The Morgan fingerprint density at radius 3 is 2.86 bits per heavy atom. The third-order valence-corrected chi connectivity index (χ3v) is 4.28. The maximum absolute atomic E-state index is 11.2. The monoisotopic (exact) mass is 329 g/mol. The summed E-state index contributed by atoms with van der Waals surface area (Å²) in [7, 11) is 0. The highest BCUT2D eigenvalue weighted by molar-refractivity contribution is 7.99. The molecule has 8 nitrogen and oxygen atoms in total. The molecule has 0 spiro atoms. The van der Waals surface area contributed by atoms with E-state index in [-0.39, 0.29) is 11.7 Å². The van der Waals surface area contributed by atoms with E-state index in [0.717, 1.165) is 11.5 Å². The number of carbonyl (C=O) groups excluding carboxylic acids is 1. The Labute approximate surface area is 131 Å². The molecule has 0 aliphatic heterocycles. The van der Waals surface area contributed by atoms with Gasteiger partial charge >= 0.3 is 0 Å². The number of hydrogen-bond donors (Lipinski definition) is 2. The highest BCUT2D eigenvalue weighted by atomic mass is 35.5. The van der Waals surface area contributed by atoms with Gasteiger partial charge in [-0.2, -0.15) is 5.10 Å². The highest BCUT2D eigenvalue weighted by Crippen LogP contribution is 2.19. The van der Waals surface area contributed by atoms with Gasteiger partial charge in [-0.05, 0) is 13.8 Å². The lowest BCUT2D eigenvalue weighted by Gasteiger charge is -2.08. The normalized spacial score (nSPS) is 10.9. The zero-order valence-corrected chi connectivity index (χ0v) is 13.3. The smallest absolute Gasteiger partial charge is 0.244 e. The first-order chi connectivity index (χ1) is 10.1. The molecule has 2 aromatic rings. The molecule has 2 aromatic heterocycles. The Morgan fingerprint density at radius 1 is 1.52 bits per heavy atom. The number of aromatic nitrogens is 5. The maximum atomic E-state index is 11.2. The predicted molar refractivity (Wildman–Crippen MR) is 79.8 cm³/mol. The molecular formula is C11H16ClN7OS. The summed E-state index contributed by atoms with van der Waals surface area (Å²) in [5.41, 5.74) is 2.96. The van der Waals surface area contributed by atoms with Crippen LogP contribution in [0.4, 0.5) is 0 Å². The molecule has 2 heterocycles. The van der Waals surface area contributed by atoms with E-state index in [2.05, 4.69) is 20.7 Å². The van der Waals surface area contributed by atoms with Gasteiger partial charge in [0.05, 0.1) is 22.7 Å². The number of thioether (sulfide) groups is 1. The average Bonchev–Trinajstić information content (AvgIpc) is 3.02. The molecule has 0 aliphatic rings. The largest absolute Gasteiger partial charge is 0.305 e. The Balaban J connectivity index is 2.15. The van der Waals surface area contributed by atoms with Crippen LogP contribution < -0.4 is 11.3 Å². The second-order valence-electron chi connectivity index (χ2n) is 4.23. The van der Waals surface area contributed by atoms with Crippen LogP contribution in [0.25, 0.3) is 0 Å². The Hall–Kier alpha value is -1.58. The van der Waals surface area contributed by atoms with E-state index in [1.807, 2.05) is 18.4 Å². The summed E-state index contributed by atoms with van der Waals surface area (Å²) in [6, 6.07) is 0. The highest BCUT2D eigenvalue weighted by Gasteiger charge is 2.14. The van der Waals surface area contributed by atoms with Gasteiger partial charge in [-0.25, -0.2) is 5.84 Å². The number of hydrogen-bond acceptors (Lipinski definition) is 6. The minimum Gasteiger partial charge on any atom is -0.305 e. The van der Waals surface area contributed by atoms with Crippen molar-refractivity contribution in [2.45, 2.75) is 32.1 Å². The average molecular weight is 330 g/mol. The number of hydrazine groups is 1. The molecule has 0 unspecified atom stereocenters. The van der Waals surface area contributed by atoms with E-state index in [9.17, 15) is 4.79 Å². The summed E-state index contributed by atoms with van der Waals surface area (Å²) in [6.07, 6.45) is 1.60. The third-order valence-electron chi connectivity index (χ3n) is 2.94. The minimum atomic E-state index is -0.262. The van der Waals surface area contributed by atoms with Crippen LogP contribution in [0.2, 0.25) is 5.02 Å². The number of rotatable bonds is 6. The lowest BCUT2D eigenvalue weighted by Crippen LogP contribution is -2.31. The van der Waals surface area contributed by atoms with E-state index < -0.39 is 0 Å². The second kappa shape index (κ2) is 6.92. The molecule has 3 N–H and O–H groups in total. The van der Waals surface area contributed by atoms with Crippen LogP contribution in [-0.4, -0.2) is 36.2 Å². The summed E-state index contributed by atoms with van der Waals surface area (Å²) < 4.78 is 3.70. The zero-order valence-electron chi connectivity index (χ0n) is 11.7. The molecule has 1 amide bonds. The van der Waals surface area contributed by atoms with Gasteiger partial charge in [-0.1, -0.05) is 23.4 Å². The van der Waals surface area contributed by atoms with Crippen LogP contribution in [0, 0.1) is 6.92 Å². The molecule has 0 saturated heterocycles. The SMILES string of the molecule is CCn1c(Cn2ncc(Cl)c2C)nnc1SCC(=O)NN. The van der Waals surface area contributed by atoms with Gasteiger partial charge in [-0.15, -0.1) is 10.2 Å². The zero-order chi connectivity index (χ0) is 15.4. The fourth-order valence-electron chi connectivity index (χ4n) is 1.75. The summed E-state index contributed by atoms with van der Waals surface area (Å²) in [6.45, 7) is 5.05. The molecule has 10 heteroatoms. The first kappa shape index (κ1) is 15.8. The van der Waals surface area contributed by atoms with Gasteiger partial charge in [0, 0.05) is 6.54 Å². The lowest BCUT2D eigenvalue weighted by atomic mass is 10.4. The summed E-state index contributed by atoms with van der Waals surface area (Å²) in [5.74, 6) is 5.75. The Bertz CT molecular complexity index is 639. The van der Waals surface area contributed by atoms with Crippen molar-refractivity contribution in [2.75, 3.05) is 5.75 Å². The molecule has 0 radical (unpaired) electrons. The fraction of sp³-hybridized carbons (Fsp3) is 0.455. The third kappa shape index (κ3) is 3.55. The van der Waals surface area contributed by atoms with E-state index in [1.165, 1.54) is 11.8 Å². The second-order valence-corrected chi connectivity index (χ2v) is 5.58. The molecule has 0 aromatic carbocycles. The van der Waals surface area contributed by atoms with Crippen molar-refractivity contribution in [1.82, 2.24) is 30.0 Å². The van der Waals surface area contributed by atoms with Gasteiger partial charge < -0.3 is 4.57 Å². The van der Waals surface area contributed by atoms with Crippen LogP contribution in [0.3, 0.4) is 0 Å². The van der Waals surface area contributed by atoms with Gasteiger partial charge in [0.15, 0.2) is 11.0 Å². The Kier molecular flexibility index (Phi) is 5.21. The number of amides is 1. The number of halogens is 1. The van der Waals surface area contributed by atoms with Crippen molar-refractivity contribution >= 4 is 29.3 Å². The quantitative estimate of drug-likeness (QED) is 0.348. The minimum absolute atomic E-state index is 0.196. The van der Waals surface area contributed by atoms with Crippen molar-refractivity contribution in [3.63, 3.8) is 0 Å². The summed E-state index contributed by atoms with van der Waals surface area (Å²) >= 11 is 7.28. The number of nitrogens with one attached hydrogen (secondary N) is 1. The van der Waals surface area contributed by atoms with E-state index in [1.54, 1.807) is 10.9 Å². The Morgan fingerprint density at radius 2 is 2.29 bits per heavy atom. The van der Waals surface area contributed by atoms with E-state index in [4.69, 9.17) is 17.4 Å². The maximum Gasteiger partial charge on any atom is 0.244 e. The predicted octanol–water partition coefficient (Wildman–Crippen LogP) is 0.587. The molecular weight excluding hydrogens is 314 g/mol. The first-order valence-corrected chi connectivity index (χ1v) is 7.65. The number of nitrogens with zero attached hydrogens (tertiary/aromatic N) is 5. The van der Waals surface area contributed by atoms with E-state index in [0.29, 0.717) is 23.3 Å². The molecule has 0 saturated carbocycles. The van der Waals surface area contributed by atoms with Gasteiger partial charge in [-0.3, -0.25) is 14.9 Å². The van der Waals surface area contributed by atoms with Crippen molar-refractivity contribution < 1.29 is 4.79 Å². The van der Waals surface area contributed by atoms with Crippen molar-refractivity contribution in [3.8, 4) is 0 Å². The van der Waals surface area contributed by atoms with Crippen molar-refractivity contribution in [3.05, 3.63) is 22.7 Å². The standard InChI is InChI=1S/C11H16ClN7OS/c1-3-18-9(5-19-7(2)8(12)4-14-19)16-17-11(18)21-6-10(20)15-13/h4H,3,5-6,13H2,1-2H3,(H,15,20). The molecule has 114 valence electrons. The fourth-order valence-corrected chi connectivity index (χ4v) is 2.72. The molecule has 0 fully saturated rings. The van der Waals surface area contributed by atoms with Gasteiger partial charge in [0.25, 0.3) is 0 Å². The molecule has 0 aliphatic carbocycles. The molecule has 0 bridgehead atoms. The molecule has 21 heavy (non-hydrogen) atoms. The van der Waals surface area contributed by atoms with Crippen LogP contribution in [0.15, 0.2) is 11.4 Å². The van der Waals surface area contributed by atoms with E-state index >= 15 is 0 Å². The van der Waals surface area contributed by atoms with Crippen LogP contribution in [0.5, 0.6) is 0 Å². The van der Waals surface area contributed by atoms with Crippen molar-refractivity contribution in [1.29, 1.82) is 0 Å². The van der Waals surface area contributed by atoms with Crippen molar-refractivity contribution in [2.24, 2.45) is 5.84 Å². The number of nitrogens with two attached hydrogens (primary N) is 1. The summed E-state index contributed by atoms with van der Waals surface area (Å²) in [5, 5.41) is 13.8. The van der Waals surface area contributed by atoms with Gasteiger partial charge in [0.2, 0.25) is 5.91 Å². The van der Waals surface area contributed by atoms with Crippen LogP contribution in [-0.2, 0) is 17.9 Å². The van der Waals surface area contributed by atoms with Crippen LogP contribution in [0.1, 0.15) is 18.4 Å². The lowest BCUT2D eigenvalue weighted by molar-refractivity contribution is -0.118.